The predicted octanol–water partition coefficient (Wildman–Crippen LogP) is 2.48. The molecule has 0 spiro atoms. The van der Waals surface area contributed by atoms with Crippen molar-refractivity contribution in [1.82, 2.24) is 15.2 Å². The van der Waals surface area contributed by atoms with Crippen LogP contribution in [0.15, 0.2) is 42.0 Å². The summed E-state index contributed by atoms with van der Waals surface area (Å²) < 4.78 is 0. The Morgan fingerprint density at radius 2 is 2.17 bits per heavy atom. The molecular formula is C13H15N3OS. The molecule has 18 heavy (non-hydrogen) atoms. The predicted molar refractivity (Wildman–Crippen MR) is 72.3 cm³/mol. The number of thiophene rings is 1. The van der Waals surface area contributed by atoms with E-state index in [-0.39, 0.29) is 6.03 Å². The fourth-order valence-corrected chi connectivity index (χ4v) is 2.19. The molecule has 0 unspecified atom stereocenters. The Hall–Kier alpha value is -1.88. The Balaban J connectivity index is 1.82. The summed E-state index contributed by atoms with van der Waals surface area (Å²) in [6.07, 6.45) is 3.46. The van der Waals surface area contributed by atoms with Crippen molar-refractivity contribution in [2.24, 2.45) is 0 Å². The minimum atomic E-state index is -0.0692. The monoisotopic (exact) mass is 261 g/mol. The van der Waals surface area contributed by atoms with Gasteiger partial charge >= 0.3 is 6.03 Å². The van der Waals surface area contributed by atoms with Gasteiger partial charge in [-0.15, -0.1) is 11.3 Å². The van der Waals surface area contributed by atoms with Crippen molar-refractivity contribution in [3.63, 3.8) is 0 Å². The third kappa shape index (κ3) is 3.56. The van der Waals surface area contributed by atoms with Crippen LogP contribution in [0.4, 0.5) is 4.79 Å². The van der Waals surface area contributed by atoms with Crippen molar-refractivity contribution in [2.75, 3.05) is 7.05 Å². The number of amides is 2. The standard InChI is InChI=1S/C13H15N3OS/c1-16(10-11-4-6-14-7-5-11)13(17)15-9-12-3-2-8-18-12/h2-8H,9-10H2,1H3,(H,15,17). The molecule has 0 saturated carbocycles. The number of carbonyl (C=O) groups is 1. The van der Waals surface area contributed by atoms with Gasteiger partial charge in [0, 0.05) is 30.9 Å². The lowest BCUT2D eigenvalue weighted by Crippen LogP contribution is -2.36. The zero-order valence-electron chi connectivity index (χ0n) is 10.2. The first-order chi connectivity index (χ1) is 8.75. The van der Waals surface area contributed by atoms with E-state index in [1.165, 1.54) is 0 Å². The van der Waals surface area contributed by atoms with Crippen LogP contribution in [-0.2, 0) is 13.1 Å². The summed E-state index contributed by atoms with van der Waals surface area (Å²) in [5.41, 5.74) is 1.07. The van der Waals surface area contributed by atoms with Crippen molar-refractivity contribution in [2.45, 2.75) is 13.1 Å². The summed E-state index contributed by atoms with van der Waals surface area (Å²) in [5.74, 6) is 0. The van der Waals surface area contributed by atoms with Crippen molar-refractivity contribution in [1.29, 1.82) is 0 Å². The lowest BCUT2D eigenvalue weighted by Gasteiger charge is -2.17. The first-order valence-corrected chi connectivity index (χ1v) is 6.54. The van der Waals surface area contributed by atoms with Crippen LogP contribution in [0.5, 0.6) is 0 Å². The average molecular weight is 261 g/mol. The van der Waals surface area contributed by atoms with Crippen LogP contribution < -0.4 is 5.32 Å². The summed E-state index contributed by atoms with van der Waals surface area (Å²) in [5, 5.41) is 4.89. The molecule has 4 nitrogen and oxygen atoms in total. The molecule has 5 heteroatoms. The van der Waals surface area contributed by atoms with Crippen molar-refractivity contribution in [3.8, 4) is 0 Å². The van der Waals surface area contributed by atoms with Crippen LogP contribution >= 0.6 is 11.3 Å². The normalized spacial score (nSPS) is 10.1. The molecular weight excluding hydrogens is 246 g/mol. The number of aromatic nitrogens is 1. The second-order valence-corrected chi connectivity index (χ2v) is 4.98. The zero-order valence-corrected chi connectivity index (χ0v) is 11.0. The number of hydrogen-bond acceptors (Lipinski definition) is 3. The molecule has 2 amide bonds. The van der Waals surface area contributed by atoms with Crippen LogP contribution in [0.1, 0.15) is 10.4 Å². The molecule has 0 aliphatic rings. The number of carbonyl (C=O) groups excluding carboxylic acids is 1. The fourth-order valence-electron chi connectivity index (χ4n) is 1.54. The van der Waals surface area contributed by atoms with Gasteiger partial charge in [0.1, 0.15) is 0 Å². The van der Waals surface area contributed by atoms with Gasteiger partial charge in [0.05, 0.1) is 6.54 Å². The number of rotatable bonds is 4. The minimum Gasteiger partial charge on any atom is -0.333 e. The molecule has 2 aromatic heterocycles. The molecule has 2 rings (SSSR count). The lowest BCUT2D eigenvalue weighted by atomic mass is 10.2. The topological polar surface area (TPSA) is 45.2 Å². The van der Waals surface area contributed by atoms with E-state index >= 15 is 0 Å². The Morgan fingerprint density at radius 1 is 1.39 bits per heavy atom. The Labute approximate surface area is 110 Å². The van der Waals surface area contributed by atoms with E-state index < -0.39 is 0 Å². The van der Waals surface area contributed by atoms with Crippen LogP contribution in [0, 0.1) is 0 Å². The molecule has 0 aromatic carbocycles. The lowest BCUT2D eigenvalue weighted by molar-refractivity contribution is 0.206. The number of nitrogens with zero attached hydrogens (tertiary/aromatic N) is 2. The molecule has 0 bridgehead atoms. The van der Waals surface area contributed by atoms with Gasteiger partial charge < -0.3 is 10.2 Å². The van der Waals surface area contributed by atoms with E-state index in [4.69, 9.17) is 0 Å². The number of hydrogen-bond donors (Lipinski definition) is 1. The Morgan fingerprint density at radius 3 is 2.83 bits per heavy atom. The fraction of sp³-hybridized carbons (Fsp3) is 0.231. The molecule has 2 heterocycles. The van der Waals surface area contributed by atoms with Gasteiger partial charge in [-0.3, -0.25) is 4.98 Å². The second-order valence-electron chi connectivity index (χ2n) is 3.95. The van der Waals surface area contributed by atoms with E-state index in [9.17, 15) is 4.79 Å². The maximum absolute atomic E-state index is 11.8. The van der Waals surface area contributed by atoms with E-state index in [1.807, 2.05) is 29.6 Å². The molecule has 0 fully saturated rings. The highest BCUT2D eigenvalue weighted by Gasteiger charge is 2.08. The molecule has 1 N–H and O–H groups in total. The van der Waals surface area contributed by atoms with Gasteiger partial charge in [0.2, 0.25) is 0 Å². The van der Waals surface area contributed by atoms with Gasteiger partial charge in [-0.25, -0.2) is 4.79 Å². The van der Waals surface area contributed by atoms with Crippen molar-refractivity contribution < 1.29 is 4.79 Å². The molecule has 0 radical (unpaired) electrons. The highest BCUT2D eigenvalue weighted by Crippen LogP contribution is 2.08. The average Bonchev–Trinajstić information content (AvgIpc) is 2.90. The summed E-state index contributed by atoms with van der Waals surface area (Å²) in [4.78, 5) is 18.6. The van der Waals surface area contributed by atoms with E-state index in [0.717, 1.165) is 10.4 Å². The van der Waals surface area contributed by atoms with Gasteiger partial charge in [0.15, 0.2) is 0 Å². The van der Waals surface area contributed by atoms with Crippen LogP contribution in [0.25, 0.3) is 0 Å². The number of urea groups is 1. The minimum absolute atomic E-state index is 0.0692. The third-order valence-corrected chi connectivity index (χ3v) is 3.39. The zero-order chi connectivity index (χ0) is 12.8. The van der Waals surface area contributed by atoms with Crippen LogP contribution in [0.3, 0.4) is 0 Å². The highest BCUT2D eigenvalue weighted by atomic mass is 32.1. The first kappa shape index (κ1) is 12.6. The van der Waals surface area contributed by atoms with Gasteiger partial charge in [-0.05, 0) is 29.1 Å². The molecule has 0 saturated heterocycles. The van der Waals surface area contributed by atoms with Gasteiger partial charge in [-0.2, -0.15) is 0 Å². The summed E-state index contributed by atoms with van der Waals surface area (Å²) >= 11 is 1.64. The summed E-state index contributed by atoms with van der Waals surface area (Å²) in [6.45, 7) is 1.16. The summed E-state index contributed by atoms with van der Waals surface area (Å²) in [6, 6.07) is 7.73. The molecule has 0 aliphatic heterocycles. The smallest absolute Gasteiger partial charge is 0.317 e. The number of nitrogens with one attached hydrogen (secondary N) is 1. The first-order valence-electron chi connectivity index (χ1n) is 5.66. The van der Waals surface area contributed by atoms with E-state index in [1.54, 1.807) is 35.7 Å². The molecule has 0 atom stereocenters. The molecule has 2 aromatic rings. The van der Waals surface area contributed by atoms with Gasteiger partial charge in [0.25, 0.3) is 0 Å². The van der Waals surface area contributed by atoms with Crippen LogP contribution in [-0.4, -0.2) is 23.0 Å². The van der Waals surface area contributed by atoms with Gasteiger partial charge in [-0.1, -0.05) is 6.07 Å². The van der Waals surface area contributed by atoms with E-state index in [2.05, 4.69) is 10.3 Å². The summed E-state index contributed by atoms with van der Waals surface area (Å²) in [7, 11) is 1.78. The van der Waals surface area contributed by atoms with Crippen molar-refractivity contribution >= 4 is 17.4 Å². The maximum Gasteiger partial charge on any atom is 0.317 e. The largest absolute Gasteiger partial charge is 0.333 e. The molecule has 94 valence electrons. The second kappa shape index (κ2) is 6.16. The SMILES string of the molecule is CN(Cc1ccncc1)C(=O)NCc1cccs1. The Kier molecular flexibility index (Phi) is 4.30. The van der Waals surface area contributed by atoms with Crippen LogP contribution in [0.2, 0.25) is 0 Å². The van der Waals surface area contributed by atoms with E-state index in [0.29, 0.717) is 13.1 Å². The number of pyridine rings is 1. The Bertz CT molecular complexity index is 484. The highest BCUT2D eigenvalue weighted by molar-refractivity contribution is 7.09. The quantitative estimate of drug-likeness (QED) is 0.919. The third-order valence-electron chi connectivity index (χ3n) is 2.51. The maximum atomic E-state index is 11.8. The molecule has 0 aliphatic carbocycles. The van der Waals surface area contributed by atoms with Crippen molar-refractivity contribution in [3.05, 3.63) is 52.5 Å².